The zero-order valence-corrected chi connectivity index (χ0v) is 24.2. The largest absolute Gasteiger partial charge is 0.513 e. The fourth-order valence-electron chi connectivity index (χ4n) is 5.22. The van der Waals surface area contributed by atoms with E-state index in [9.17, 15) is 14.7 Å². The van der Waals surface area contributed by atoms with E-state index in [1.807, 2.05) is 54.6 Å². The van der Waals surface area contributed by atoms with Crippen molar-refractivity contribution in [2.75, 3.05) is 7.11 Å². The molecule has 0 amide bonds. The van der Waals surface area contributed by atoms with Crippen LogP contribution in [0.25, 0.3) is 11.1 Å². The van der Waals surface area contributed by atoms with E-state index in [0.29, 0.717) is 30.7 Å². The summed E-state index contributed by atoms with van der Waals surface area (Å²) in [7, 11) is 1.36. The average molecular weight is 545 g/mol. The second kappa shape index (κ2) is 16.6. The number of esters is 2. The highest BCUT2D eigenvalue weighted by Crippen LogP contribution is 2.37. The summed E-state index contributed by atoms with van der Waals surface area (Å²) in [4.78, 5) is 24.5. The van der Waals surface area contributed by atoms with Crippen molar-refractivity contribution in [2.45, 2.75) is 84.2 Å². The molecular weight excluding hydrogens is 500 g/mol. The maximum atomic E-state index is 13.1. The van der Waals surface area contributed by atoms with Crippen LogP contribution < -0.4 is 0 Å². The van der Waals surface area contributed by atoms with Gasteiger partial charge in [-0.3, -0.25) is 4.79 Å². The number of carbonyl (C=O) groups is 2. The summed E-state index contributed by atoms with van der Waals surface area (Å²) in [6.07, 6.45) is 9.40. The molecule has 1 N–H and O–H groups in total. The van der Waals surface area contributed by atoms with Crippen molar-refractivity contribution in [3.05, 3.63) is 72.0 Å². The van der Waals surface area contributed by atoms with Crippen molar-refractivity contribution in [3.63, 3.8) is 0 Å². The number of hydrogen-bond donors (Lipinski definition) is 1. The normalized spacial score (nSPS) is 19.4. The van der Waals surface area contributed by atoms with E-state index in [1.54, 1.807) is 6.08 Å². The van der Waals surface area contributed by atoms with Crippen molar-refractivity contribution in [3.8, 4) is 23.0 Å². The number of benzene rings is 2. The number of methoxy groups -OCH3 is 1. The minimum Gasteiger partial charge on any atom is -0.513 e. The molecule has 5 nitrogen and oxygen atoms in total. The van der Waals surface area contributed by atoms with Crippen molar-refractivity contribution in [1.82, 2.24) is 0 Å². The molecule has 3 rings (SSSR count). The van der Waals surface area contributed by atoms with Gasteiger partial charge in [0.1, 0.15) is 6.10 Å². The first-order chi connectivity index (χ1) is 19.4. The fourth-order valence-corrected chi connectivity index (χ4v) is 5.22. The van der Waals surface area contributed by atoms with E-state index < -0.39 is 0 Å². The molecule has 1 saturated carbocycles. The molecule has 0 bridgehead atoms. The van der Waals surface area contributed by atoms with Crippen LogP contribution in [0.2, 0.25) is 0 Å². The standard InChI is InChI=1S/C35H44O5/c1-4-5-11-26(2)12-9-15-29-22-25-33(32(29)24-23-31(36)16-10-17-34(37)39-3)40-35(38)30-20-18-28(19-21-30)27-13-7-6-8-14-27/h6-8,13-14,18-21,23,26,29,32-33,36H,4-5,10-12,16-17,22,24-25H2,1-3H3/t26-,29+,32-,33-/m1/s1. The molecule has 0 aromatic heterocycles. The van der Waals surface area contributed by atoms with E-state index in [1.165, 1.54) is 26.4 Å². The number of aliphatic hydroxyl groups is 1. The number of unbranched alkanes of at least 4 members (excludes halogenated alkanes) is 1. The van der Waals surface area contributed by atoms with Gasteiger partial charge in [-0.05, 0) is 67.4 Å². The first-order valence-corrected chi connectivity index (χ1v) is 14.7. The maximum Gasteiger partial charge on any atom is 0.338 e. The number of aliphatic hydroxyl groups excluding tert-OH is 1. The lowest BCUT2D eigenvalue weighted by Gasteiger charge is -2.22. The Hall–Kier alpha value is -3.52. The Bertz CT molecular complexity index is 1160. The minimum atomic E-state index is -0.331. The van der Waals surface area contributed by atoms with Crippen LogP contribution >= 0.6 is 0 Å². The predicted molar refractivity (Wildman–Crippen MR) is 160 cm³/mol. The molecule has 1 aliphatic rings. The Morgan fingerprint density at radius 1 is 1.02 bits per heavy atom. The lowest BCUT2D eigenvalue weighted by Crippen LogP contribution is -2.25. The number of rotatable bonds is 13. The van der Waals surface area contributed by atoms with Crippen LogP contribution in [0.3, 0.4) is 0 Å². The van der Waals surface area contributed by atoms with Gasteiger partial charge < -0.3 is 14.6 Å². The molecule has 4 atom stereocenters. The van der Waals surface area contributed by atoms with Gasteiger partial charge >= 0.3 is 11.9 Å². The van der Waals surface area contributed by atoms with Crippen LogP contribution in [0.15, 0.2) is 66.4 Å². The highest BCUT2D eigenvalue weighted by atomic mass is 16.5. The van der Waals surface area contributed by atoms with Gasteiger partial charge in [-0.1, -0.05) is 75.1 Å². The van der Waals surface area contributed by atoms with Gasteiger partial charge in [-0.15, -0.1) is 5.92 Å². The number of allylic oxidation sites excluding steroid dienone is 2. The van der Waals surface area contributed by atoms with Crippen molar-refractivity contribution in [2.24, 2.45) is 17.8 Å². The Morgan fingerprint density at radius 2 is 1.75 bits per heavy atom. The van der Waals surface area contributed by atoms with Crippen molar-refractivity contribution < 1.29 is 24.2 Å². The second-order valence-corrected chi connectivity index (χ2v) is 10.9. The number of ether oxygens (including phenoxy) is 2. The van der Waals surface area contributed by atoms with Gasteiger partial charge in [0.15, 0.2) is 0 Å². The second-order valence-electron chi connectivity index (χ2n) is 10.9. The summed E-state index contributed by atoms with van der Waals surface area (Å²) in [5, 5.41) is 10.4. The third kappa shape index (κ3) is 9.90. The fraction of sp³-hybridized carbons (Fsp3) is 0.486. The van der Waals surface area contributed by atoms with Crippen LogP contribution in [0, 0.1) is 29.6 Å². The highest BCUT2D eigenvalue weighted by molar-refractivity contribution is 5.90. The lowest BCUT2D eigenvalue weighted by atomic mass is 9.90. The number of hydrogen-bond acceptors (Lipinski definition) is 5. The summed E-state index contributed by atoms with van der Waals surface area (Å²) >= 11 is 0. The molecule has 2 aromatic rings. The highest BCUT2D eigenvalue weighted by Gasteiger charge is 2.37. The van der Waals surface area contributed by atoms with Gasteiger partial charge in [-0.25, -0.2) is 4.79 Å². The molecule has 1 aliphatic carbocycles. The summed E-state index contributed by atoms with van der Waals surface area (Å²) in [6, 6.07) is 17.6. The summed E-state index contributed by atoms with van der Waals surface area (Å²) in [6.45, 7) is 4.46. The molecule has 2 aromatic carbocycles. The number of carbonyl (C=O) groups excluding carboxylic acids is 2. The topological polar surface area (TPSA) is 72.8 Å². The van der Waals surface area contributed by atoms with Crippen LogP contribution in [-0.2, 0) is 14.3 Å². The molecule has 0 heterocycles. The average Bonchev–Trinajstić information content (AvgIpc) is 3.35. The summed E-state index contributed by atoms with van der Waals surface area (Å²) < 4.78 is 10.7. The Morgan fingerprint density at radius 3 is 2.45 bits per heavy atom. The molecule has 214 valence electrons. The van der Waals surface area contributed by atoms with Crippen LogP contribution in [0.1, 0.15) is 88.4 Å². The lowest BCUT2D eigenvalue weighted by molar-refractivity contribution is -0.140. The van der Waals surface area contributed by atoms with E-state index >= 15 is 0 Å². The monoisotopic (exact) mass is 544 g/mol. The molecule has 0 saturated heterocycles. The van der Waals surface area contributed by atoms with Crippen molar-refractivity contribution in [1.29, 1.82) is 0 Å². The Kier molecular flexibility index (Phi) is 12.8. The quantitative estimate of drug-likeness (QED) is 0.156. The SMILES string of the molecule is CCCC[C@@H](C)CC#C[C@H]1CC[C@@H](OC(=O)c2ccc(-c3ccccc3)cc2)[C@@H]1CC=C(O)CCCC(=O)OC. The molecule has 5 heteroatoms. The molecular formula is C35H44O5. The molecule has 0 radical (unpaired) electrons. The predicted octanol–water partition coefficient (Wildman–Crippen LogP) is 8.30. The van der Waals surface area contributed by atoms with Gasteiger partial charge in [0.05, 0.1) is 18.4 Å². The smallest absolute Gasteiger partial charge is 0.338 e. The third-order valence-corrected chi connectivity index (χ3v) is 7.70. The first-order valence-electron chi connectivity index (χ1n) is 14.7. The molecule has 0 aliphatic heterocycles. The minimum absolute atomic E-state index is 0.00810. The van der Waals surface area contributed by atoms with Gasteiger partial charge in [0, 0.05) is 31.1 Å². The van der Waals surface area contributed by atoms with Gasteiger partial charge in [0.25, 0.3) is 0 Å². The van der Waals surface area contributed by atoms with E-state index in [2.05, 4.69) is 30.4 Å². The van der Waals surface area contributed by atoms with E-state index in [-0.39, 0.29) is 42.1 Å². The Labute approximate surface area is 240 Å². The third-order valence-electron chi connectivity index (χ3n) is 7.70. The summed E-state index contributed by atoms with van der Waals surface area (Å²) in [5.41, 5.74) is 2.67. The Balaban J connectivity index is 1.66. The zero-order chi connectivity index (χ0) is 28.7. The zero-order valence-electron chi connectivity index (χ0n) is 24.2. The molecule has 0 unspecified atom stereocenters. The van der Waals surface area contributed by atoms with Crippen LogP contribution in [0.4, 0.5) is 0 Å². The first kappa shape index (κ1) is 31.0. The van der Waals surface area contributed by atoms with Gasteiger partial charge in [0.2, 0.25) is 0 Å². The van der Waals surface area contributed by atoms with Gasteiger partial charge in [-0.2, -0.15) is 0 Å². The van der Waals surface area contributed by atoms with Crippen LogP contribution in [-0.4, -0.2) is 30.3 Å². The molecule has 1 fully saturated rings. The van der Waals surface area contributed by atoms with E-state index in [4.69, 9.17) is 4.74 Å². The molecule has 0 spiro atoms. The van der Waals surface area contributed by atoms with E-state index in [0.717, 1.165) is 30.4 Å². The van der Waals surface area contributed by atoms with Crippen LogP contribution in [0.5, 0.6) is 0 Å². The maximum absolute atomic E-state index is 13.1. The molecule has 40 heavy (non-hydrogen) atoms. The van der Waals surface area contributed by atoms with Crippen molar-refractivity contribution >= 4 is 11.9 Å². The summed E-state index contributed by atoms with van der Waals surface area (Å²) in [5.74, 6) is 7.21.